The molecule has 0 N–H and O–H groups in total. The molecule has 2 rings (SSSR count). The number of hydrogen-bond acceptors (Lipinski definition) is 4. The minimum atomic E-state index is -0.438. The van der Waals surface area contributed by atoms with Gasteiger partial charge in [0, 0.05) is 0 Å². The van der Waals surface area contributed by atoms with Crippen molar-refractivity contribution < 1.29 is 19.1 Å². The SMILES string of the molecule is CCCC1=C(CCC)C1=C1C=C(C(=O)OC)C=C1C(=O)OC. The monoisotopic (exact) mass is 302 g/mol. The fraction of sp³-hybridized carbons (Fsp3) is 0.444. The molecular formula is C18H22O4. The maximum atomic E-state index is 12.0. The number of rotatable bonds is 6. The molecule has 4 nitrogen and oxygen atoms in total. The molecule has 0 unspecified atom stereocenters. The molecule has 2 aliphatic carbocycles. The summed E-state index contributed by atoms with van der Waals surface area (Å²) >= 11 is 0. The van der Waals surface area contributed by atoms with Crippen LogP contribution in [0, 0.1) is 0 Å². The van der Waals surface area contributed by atoms with Crippen LogP contribution in [0.25, 0.3) is 0 Å². The van der Waals surface area contributed by atoms with Gasteiger partial charge in [-0.2, -0.15) is 0 Å². The van der Waals surface area contributed by atoms with Gasteiger partial charge in [-0.25, -0.2) is 9.59 Å². The molecule has 0 radical (unpaired) electrons. The molecule has 2 aliphatic rings. The summed E-state index contributed by atoms with van der Waals surface area (Å²) in [6, 6.07) is 0. The Kier molecular flexibility index (Phi) is 5.01. The Labute approximate surface area is 131 Å². The largest absolute Gasteiger partial charge is 0.465 e. The van der Waals surface area contributed by atoms with Crippen LogP contribution >= 0.6 is 0 Å². The van der Waals surface area contributed by atoms with Gasteiger partial charge in [-0.05, 0) is 47.3 Å². The molecule has 22 heavy (non-hydrogen) atoms. The quantitative estimate of drug-likeness (QED) is 0.706. The van der Waals surface area contributed by atoms with Gasteiger partial charge in [-0.15, -0.1) is 0 Å². The highest BCUT2D eigenvalue weighted by atomic mass is 16.5. The number of carbonyl (C=O) groups excluding carboxylic acids is 2. The molecule has 0 spiro atoms. The first-order valence-corrected chi connectivity index (χ1v) is 7.66. The van der Waals surface area contributed by atoms with Gasteiger partial charge < -0.3 is 9.47 Å². The molecule has 0 aromatic rings. The van der Waals surface area contributed by atoms with Gasteiger partial charge in [0.1, 0.15) is 0 Å². The Balaban J connectivity index is 2.42. The topological polar surface area (TPSA) is 52.6 Å². The summed E-state index contributed by atoms with van der Waals surface area (Å²) in [6.45, 7) is 4.27. The van der Waals surface area contributed by atoms with E-state index in [9.17, 15) is 9.59 Å². The molecule has 0 aromatic heterocycles. The number of esters is 2. The Bertz CT molecular complexity index is 611. The van der Waals surface area contributed by atoms with Crippen LogP contribution in [0.2, 0.25) is 0 Å². The standard InChI is InChI=1S/C18H22O4/c1-5-7-12-13(8-6-2)16(12)14-9-11(17(19)21-3)10-15(14)18(20)22-4/h9-10H,5-8H2,1-4H3. The van der Waals surface area contributed by atoms with Crippen molar-refractivity contribution in [2.45, 2.75) is 39.5 Å². The van der Waals surface area contributed by atoms with E-state index < -0.39 is 11.9 Å². The van der Waals surface area contributed by atoms with Crippen molar-refractivity contribution >= 4 is 11.9 Å². The summed E-state index contributed by atoms with van der Waals surface area (Å²) in [7, 11) is 2.68. The van der Waals surface area contributed by atoms with Crippen molar-refractivity contribution in [3.8, 4) is 0 Å². The zero-order chi connectivity index (χ0) is 16.3. The third kappa shape index (κ3) is 2.91. The van der Waals surface area contributed by atoms with Crippen molar-refractivity contribution in [3.05, 3.63) is 45.6 Å². The van der Waals surface area contributed by atoms with Gasteiger partial charge in [0.2, 0.25) is 0 Å². The zero-order valence-electron chi connectivity index (χ0n) is 13.6. The summed E-state index contributed by atoms with van der Waals surface area (Å²) in [5.41, 5.74) is 5.44. The minimum absolute atomic E-state index is 0.393. The van der Waals surface area contributed by atoms with Crippen LogP contribution in [0.4, 0.5) is 0 Å². The number of hydrogen-bond donors (Lipinski definition) is 0. The van der Waals surface area contributed by atoms with Gasteiger partial charge in [-0.1, -0.05) is 26.7 Å². The average Bonchev–Trinajstić information content (AvgIpc) is 3.00. The van der Waals surface area contributed by atoms with Crippen LogP contribution in [0.3, 0.4) is 0 Å². The van der Waals surface area contributed by atoms with Gasteiger partial charge >= 0.3 is 11.9 Å². The predicted octanol–water partition coefficient (Wildman–Crippen LogP) is 3.41. The lowest BCUT2D eigenvalue weighted by Crippen LogP contribution is -2.05. The summed E-state index contributed by atoms with van der Waals surface area (Å²) in [5, 5.41) is 0. The second-order valence-corrected chi connectivity index (χ2v) is 5.39. The Morgan fingerprint density at radius 3 is 1.91 bits per heavy atom. The molecule has 0 aliphatic heterocycles. The van der Waals surface area contributed by atoms with Crippen molar-refractivity contribution in [2.24, 2.45) is 0 Å². The van der Waals surface area contributed by atoms with Crippen LogP contribution in [0.1, 0.15) is 39.5 Å². The lowest BCUT2D eigenvalue weighted by molar-refractivity contribution is -0.136. The lowest BCUT2D eigenvalue weighted by atomic mass is 10.0. The molecule has 0 atom stereocenters. The van der Waals surface area contributed by atoms with Crippen LogP contribution < -0.4 is 0 Å². The zero-order valence-corrected chi connectivity index (χ0v) is 13.6. The van der Waals surface area contributed by atoms with E-state index >= 15 is 0 Å². The van der Waals surface area contributed by atoms with Crippen LogP contribution in [-0.2, 0) is 19.1 Å². The highest BCUT2D eigenvalue weighted by Crippen LogP contribution is 2.49. The Morgan fingerprint density at radius 2 is 1.45 bits per heavy atom. The first-order chi connectivity index (χ1) is 10.6. The highest BCUT2D eigenvalue weighted by Gasteiger charge is 2.35. The normalized spacial score (nSPS) is 16.5. The number of carbonyl (C=O) groups is 2. The first kappa shape index (κ1) is 16.3. The van der Waals surface area contributed by atoms with Gasteiger partial charge in [0.05, 0.1) is 25.4 Å². The van der Waals surface area contributed by atoms with E-state index in [1.807, 2.05) is 0 Å². The summed E-state index contributed by atoms with van der Waals surface area (Å²) < 4.78 is 9.60. The minimum Gasteiger partial charge on any atom is -0.465 e. The van der Waals surface area contributed by atoms with Crippen molar-refractivity contribution in [2.75, 3.05) is 14.2 Å². The molecule has 0 heterocycles. The van der Waals surface area contributed by atoms with E-state index in [0.717, 1.165) is 36.8 Å². The van der Waals surface area contributed by atoms with Crippen molar-refractivity contribution in [1.29, 1.82) is 0 Å². The van der Waals surface area contributed by atoms with E-state index in [1.165, 1.54) is 25.4 Å². The van der Waals surface area contributed by atoms with Crippen molar-refractivity contribution in [1.82, 2.24) is 0 Å². The molecular weight excluding hydrogens is 280 g/mol. The fourth-order valence-electron chi connectivity index (χ4n) is 2.88. The van der Waals surface area contributed by atoms with Gasteiger partial charge in [0.15, 0.2) is 0 Å². The third-order valence-electron chi connectivity index (χ3n) is 3.89. The lowest BCUT2D eigenvalue weighted by Gasteiger charge is -2.03. The molecule has 0 aromatic carbocycles. The molecule has 0 bridgehead atoms. The molecule has 118 valence electrons. The van der Waals surface area contributed by atoms with E-state index in [4.69, 9.17) is 9.47 Å². The van der Waals surface area contributed by atoms with E-state index in [1.54, 1.807) is 12.2 Å². The summed E-state index contributed by atoms with van der Waals surface area (Å²) in [5.74, 6) is -0.858. The molecule has 0 saturated carbocycles. The highest BCUT2D eigenvalue weighted by molar-refractivity contribution is 6.05. The van der Waals surface area contributed by atoms with Gasteiger partial charge in [0.25, 0.3) is 0 Å². The van der Waals surface area contributed by atoms with Crippen LogP contribution in [-0.4, -0.2) is 26.2 Å². The fourth-order valence-corrected chi connectivity index (χ4v) is 2.88. The molecule has 4 heteroatoms. The van der Waals surface area contributed by atoms with E-state index in [2.05, 4.69) is 13.8 Å². The molecule has 0 saturated heterocycles. The smallest absolute Gasteiger partial charge is 0.338 e. The van der Waals surface area contributed by atoms with Crippen LogP contribution in [0.15, 0.2) is 45.6 Å². The summed E-state index contributed by atoms with van der Waals surface area (Å²) in [6.07, 6.45) is 7.43. The molecule has 0 fully saturated rings. The second-order valence-electron chi connectivity index (χ2n) is 5.39. The van der Waals surface area contributed by atoms with Gasteiger partial charge in [-0.3, -0.25) is 0 Å². The van der Waals surface area contributed by atoms with Crippen molar-refractivity contribution in [3.63, 3.8) is 0 Å². The average molecular weight is 302 g/mol. The Morgan fingerprint density at radius 1 is 0.909 bits per heavy atom. The number of allylic oxidation sites excluding steroid dienone is 4. The van der Waals surface area contributed by atoms with E-state index in [0.29, 0.717) is 11.1 Å². The molecule has 0 amide bonds. The van der Waals surface area contributed by atoms with Crippen LogP contribution in [0.5, 0.6) is 0 Å². The maximum absolute atomic E-state index is 12.0. The first-order valence-electron chi connectivity index (χ1n) is 7.66. The number of methoxy groups -OCH3 is 2. The second kappa shape index (κ2) is 6.77. The number of ether oxygens (including phenoxy) is 2. The maximum Gasteiger partial charge on any atom is 0.338 e. The Hall–Kier alpha value is -2.10. The predicted molar refractivity (Wildman–Crippen MR) is 84.1 cm³/mol. The van der Waals surface area contributed by atoms with E-state index in [-0.39, 0.29) is 0 Å². The summed E-state index contributed by atoms with van der Waals surface area (Å²) in [4.78, 5) is 23.8. The third-order valence-corrected chi connectivity index (χ3v) is 3.89.